The molecule has 2 rings (SSSR count). The van der Waals surface area contributed by atoms with Crippen molar-refractivity contribution in [3.63, 3.8) is 0 Å². The first-order valence-electron chi connectivity index (χ1n) is 6.67. The van der Waals surface area contributed by atoms with Gasteiger partial charge in [-0.25, -0.2) is 0 Å². The highest BCUT2D eigenvalue weighted by Crippen LogP contribution is 2.32. The number of hydrogen-bond donors (Lipinski definition) is 1. The van der Waals surface area contributed by atoms with Gasteiger partial charge in [-0.2, -0.15) is 0 Å². The average Bonchev–Trinajstić information content (AvgIpc) is 2.92. The molecular formula is C14H17BrIN3S. The molecule has 0 saturated heterocycles. The van der Waals surface area contributed by atoms with E-state index in [1.165, 1.54) is 3.57 Å². The zero-order chi connectivity index (χ0) is 14.5. The third-order valence-electron chi connectivity index (χ3n) is 2.95. The summed E-state index contributed by atoms with van der Waals surface area (Å²) in [4.78, 5) is 0. The average molecular weight is 466 g/mol. The van der Waals surface area contributed by atoms with Gasteiger partial charge in [0.15, 0.2) is 0 Å². The minimum atomic E-state index is 0.311. The van der Waals surface area contributed by atoms with Crippen LogP contribution >= 0.6 is 49.9 Å². The molecule has 1 N–H and O–H groups in total. The lowest BCUT2D eigenvalue weighted by Gasteiger charge is -2.12. The SMILES string of the molecule is CCCNC(CC)c1nnc(-c2cc(Br)ccc2I)s1. The van der Waals surface area contributed by atoms with Crippen molar-refractivity contribution in [1.29, 1.82) is 0 Å². The Morgan fingerprint density at radius 3 is 2.85 bits per heavy atom. The number of aromatic nitrogens is 2. The zero-order valence-electron chi connectivity index (χ0n) is 11.5. The van der Waals surface area contributed by atoms with Crippen LogP contribution in [0.4, 0.5) is 0 Å². The van der Waals surface area contributed by atoms with Gasteiger partial charge < -0.3 is 5.32 Å². The van der Waals surface area contributed by atoms with Gasteiger partial charge in [0.1, 0.15) is 10.0 Å². The molecule has 0 spiro atoms. The van der Waals surface area contributed by atoms with Crippen molar-refractivity contribution in [2.45, 2.75) is 32.7 Å². The number of benzene rings is 1. The van der Waals surface area contributed by atoms with E-state index in [0.717, 1.165) is 39.4 Å². The van der Waals surface area contributed by atoms with Crippen molar-refractivity contribution < 1.29 is 0 Å². The summed E-state index contributed by atoms with van der Waals surface area (Å²) in [7, 11) is 0. The normalized spacial score (nSPS) is 12.6. The van der Waals surface area contributed by atoms with Gasteiger partial charge in [0.2, 0.25) is 0 Å². The number of hydrogen-bond acceptors (Lipinski definition) is 4. The fraction of sp³-hybridized carbons (Fsp3) is 0.429. The van der Waals surface area contributed by atoms with Crippen molar-refractivity contribution in [3.8, 4) is 10.6 Å². The van der Waals surface area contributed by atoms with E-state index in [2.05, 4.69) is 80.0 Å². The van der Waals surface area contributed by atoms with Gasteiger partial charge in [0.05, 0.1) is 6.04 Å². The first-order chi connectivity index (χ1) is 9.65. The summed E-state index contributed by atoms with van der Waals surface area (Å²) in [6.45, 7) is 5.37. The van der Waals surface area contributed by atoms with E-state index in [1.807, 2.05) is 6.07 Å². The molecule has 0 aliphatic carbocycles. The molecule has 2 aromatic rings. The van der Waals surface area contributed by atoms with E-state index >= 15 is 0 Å². The molecular weight excluding hydrogens is 449 g/mol. The van der Waals surface area contributed by atoms with Gasteiger partial charge in [-0.05, 0) is 60.2 Å². The van der Waals surface area contributed by atoms with Crippen molar-refractivity contribution in [1.82, 2.24) is 15.5 Å². The molecule has 0 bridgehead atoms. The zero-order valence-corrected chi connectivity index (χ0v) is 16.0. The quantitative estimate of drug-likeness (QED) is 0.608. The van der Waals surface area contributed by atoms with Gasteiger partial charge in [-0.1, -0.05) is 41.1 Å². The number of nitrogens with one attached hydrogen (secondary N) is 1. The summed E-state index contributed by atoms with van der Waals surface area (Å²) in [5, 5.41) is 14.3. The van der Waals surface area contributed by atoms with Gasteiger partial charge in [0, 0.05) is 13.6 Å². The Labute approximate surface area is 145 Å². The molecule has 3 nitrogen and oxygen atoms in total. The predicted molar refractivity (Wildman–Crippen MR) is 97.1 cm³/mol. The van der Waals surface area contributed by atoms with Gasteiger partial charge in [-0.15, -0.1) is 10.2 Å². The molecule has 1 atom stereocenters. The Hall–Kier alpha value is -0.0500. The van der Waals surface area contributed by atoms with Gasteiger partial charge in [0.25, 0.3) is 0 Å². The predicted octanol–water partition coefficient (Wildman–Crippen LogP) is 5.02. The van der Waals surface area contributed by atoms with Crippen LogP contribution in [0.1, 0.15) is 37.7 Å². The van der Waals surface area contributed by atoms with Crippen LogP contribution in [0.2, 0.25) is 0 Å². The smallest absolute Gasteiger partial charge is 0.148 e. The van der Waals surface area contributed by atoms with Crippen LogP contribution in [0.3, 0.4) is 0 Å². The molecule has 1 heterocycles. The summed E-state index contributed by atoms with van der Waals surface area (Å²) in [5.41, 5.74) is 1.15. The second kappa shape index (κ2) is 7.82. The highest BCUT2D eigenvalue weighted by Gasteiger charge is 2.16. The molecule has 0 saturated carbocycles. The lowest BCUT2D eigenvalue weighted by Crippen LogP contribution is -2.21. The van der Waals surface area contributed by atoms with Gasteiger partial charge >= 0.3 is 0 Å². The van der Waals surface area contributed by atoms with Crippen LogP contribution in [0.5, 0.6) is 0 Å². The molecule has 0 fully saturated rings. The summed E-state index contributed by atoms with van der Waals surface area (Å²) in [6, 6.07) is 6.55. The molecule has 1 unspecified atom stereocenters. The molecule has 108 valence electrons. The third kappa shape index (κ3) is 3.99. The molecule has 0 aliphatic rings. The van der Waals surface area contributed by atoms with Crippen molar-refractivity contribution >= 4 is 49.9 Å². The van der Waals surface area contributed by atoms with E-state index < -0.39 is 0 Å². The fourth-order valence-electron chi connectivity index (χ4n) is 1.87. The van der Waals surface area contributed by atoms with E-state index in [1.54, 1.807) is 11.3 Å². The Morgan fingerprint density at radius 2 is 2.15 bits per heavy atom. The second-order valence-electron chi connectivity index (χ2n) is 4.48. The van der Waals surface area contributed by atoms with Crippen molar-refractivity contribution in [2.24, 2.45) is 0 Å². The van der Waals surface area contributed by atoms with E-state index in [-0.39, 0.29) is 0 Å². The van der Waals surface area contributed by atoms with E-state index in [9.17, 15) is 0 Å². The largest absolute Gasteiger partial charge is 0.308 e. The second-order valence-corrected chi connectivity index (χ2v) is 7.57. The maximum atomic E-state index is 4.37. The number of rotatable bonds is 6. The third-order valence-corrected chi connectivity index (χ3v) is 5.45. The summed E-state index contributed by atoms with van der Waals surface area (Å²) < 4.78 is 2.27. The fourth-order valence-corrected chi connectivity index (χ4v) is 4.04. The summed E-state index contributed by atoms with van der Waals surface area (Å²) >= 11 is 7.54. The molecule has 0 radical (unpaired) electrons. The molecule has 0 amide bonds. The highest BCUT2D eigenvalue weighted by molar-refractivity contribution is 14.1. The Bertz CT molecular complexity index is 573. The summed E-state index contributed by atoms with van der Waals surface area (Å²) in [6.07, 6.45) is 2.16. The van der Waals surface area contributed by atoms with Crippen LogP contribution in [0, 0.1) is 3.57 Å². The van der Waals surface area contributed by atoms with Crippen LogP contribution in [0.25, 0.3) is 10.6 Å². The molecule has 0 aliphatic heterocycles. The van der Waals surface area contributed by atoms with Crippen molar-refractivity contribution in [2.75, 3.05) is 6.54 Å². The first kappa shape index (κ1) is 16.3. The Balaban J connectivity index is 2.25. The van der Waals surface area contributed by atoms with Gasteiger partial charge in [-0.3, -0.25) is 0 Å². The Morgan fingerprint density at radius 1 is 1.35 bits per heavy atom. The van der Waals surface area contributed by atoms with Crippen LogP contribution in [-0.4, -0.2) is 16.7 Å². The molecule has 1 aromatic carbocycles. The lowest BCUT2D eigenvalue weighted by molar-refractivity contribution is 0.513. The number of halogens is 2. The molecule has 1 aromatic heterocycles. The topological polar surface area (TPSA) is 37.8 Å². The Kier molecular flexibility index (Phi) is 6.38. The van der Waals surface area contributed by atoms with Crippen molar-refractivity contribution in [3.05, 3.63) is 31.2 Å². The minimum Gasteiger partial charge on any atom is -0.308 e. The van der Waals surface area contributed by atoms with E-state index in [4.69, 9.17) is 0 Å². The molecule has 20 heavy (non-hydrogen) atoms. The highest BCUT2D eigenvalue weighted by atomic mass is 127. The monoisotopic (exact) mass is 465 g/mol. The maximum Gasteiger partial charge on any atom is 0.148 e. The van der Waals surface area contributed by atoms with E-state index in [0.29, 0.717) is 6.04 Å². The standard InChI is InChI=1S/C14H17BrIN3S/c1-3-7-17-12(4-2)14-19-18-13(20-14)10-8-9(15)5-6-11(10)16/h5-6,8,12,17H,3-4,7H2,1-2H3. The molecule has 6 heteroatoms. The first-order valence-corrected chi connectivity index (χ1v) is 9.36. The maximum absolute atomic E-state index is 4.37. The number of nitrogens with zero attached hydrogens (tertiary/aromatic N) is 2. The minimum absolute atomic E-state index is 0.311. The van der Waals surface area contributed by atoms with Crippen LogP contribution in [0.15, 0.2) is 22.7 Å². The summed E-state index contributed by atoms with van der Waals surface area (Å²) in [5.74, 6) is 0. The van der Waals surface area contributed by atoms with Crippen LogP contribution < -0.4 is 5.32 Å². The van der Waals surface area contributed by atoms with Crippen LogP contribution in [-0.2, 0) is 0 Å². The lowest BCUT2D eigenvalue weighted by atomic mass is 10.2.